The Kier molecular flexibility index (Phi) is 4.71. The number of carbonyl (C=O) groups is 1. The van der Waals surface area contributed by atoms with Crippen LogP contribution in [0.2, 0.25) is 0 Å². The molecule has 1 aromatic rings. The number of carbonyl (C=O) groups excluding carboxylic acids is 1. The van der Waals surface area contributed by atoms with Crippen molar-refractivity contribution in [3.05, 3.63) is 4.88 Å². The molecule has 2 heterocycles. The van der Waals surface area contributed by atoms with Gasteiger partial charge in [0.2, 0.25) is 0 Å². The van der Waals surface area contributed by atoms with Crippen LogP contribution < -0.4 is 16.4 Å². The second-order valence-electron chi connectivity index (χ2n) is 4.11. The normalized spacial score (nSPS) is 18.8. The molecule has 4 N–H and O–H groups in total. The molecule has 100 valence electrons. The van der Waals surface area contributed by atoms with E-state index in [-0.39, 0.29) is 5.91 Å². The summed E-state index contributed by atoms with van der Waals surface area (Å²) in [6.07, 6.45) is 2.43. The van der Waals surface area contributed by atoms with E-state index < -0.39 is 0 Å². The van der Waals surface area contributed by atoms with E-state index in [1.807, 2.05) is 18.7 Å². The first-order chi connectivity index (χ1) is 8.70. The van der Waals surface area contributed by atoms with Crippen molar-refractivity contribution in [1.82, 2.24) is 10.3 Å². The van der Waals surface area contributed by atoms with Crippen LogP contribution in [0, 0.1) is 0 Å². The molecular formula is C11H18N4OS2. The lowest BCUT2D eigenvalue weighted by Gasteiger charge is -2.09. The highest BCUT2D eigenvalue weighted by molar-refractivity contribution is 8.00. The number of rotatable bonds is 5. The van der Waals surface area contributed by atoms with Crippen LogP contribution in [0.15, 0.2) is 0 Å². The zero-order chi connectivity index (χ0) is 13.0. The summed E-state index contributed by atoms with van der Waals surface area (Å²) in [6, 6.07) is 0. The summed E-state index contributed by atoms with van der Waals surface area (Å²) in [5, 5.41) is 7.26. The third-order valence-corrected chi connectivity index (χ3v) is 5.13. The Morgan fingerprint density at radius 1 is 1.61 bits per heavy atom. The Hall–Kier alpha value is -0.950. The number of hydrogen-bond donors (Lipinski definition) is 3. The van der Waals surface area contributed by atoms with Gasteiger partial charge in [0.15, 0.2) is 5.13 Å². The minimum Gasteiger partial charge on any atom is -0.382 e. The number of nitrogens with zero attached hydrogens (tertiary/aromatic N) is 1. The van der Waals surface area contributed by atoms with Crippen LogP contribution in [0.3, 0.4) is 0 Å². The summed E-state index contributed by atoms with van der Waals surface area (Å²) in [6.45, 7) is 3.47. The molecule has 1 saturated heterocycles. The largest absolute Gasteiger partial charge is 0.382 e. The summed E-state index contributed by atoms with van der Waals surface area (Å²) < 4.78 is 0. The Bertz CT molecular complexity index is 415. The molecular weight excluding hydrogens is 268 g/mol. The number of aromatic nitrogens is 1. The molecule has 0 bridgehead atoms. The van der Waals surface area contributed by atoms with Crippen molar-refractivity contribution >= 4 is 40.0 Å². The molecule has 2 rings (SSSR count). The Morgan fingerprint density at radius 2 is 2.44 bits per heavy atom. The first kappa shape index (κ1) is 13.5. The van der Waals surface area contributed by atoms with E-state index in [1.165, 1.54) is 29.9 Å². The summed E-state index contributed by atoms with van der Waals surface area (Å²) in [5.41, 5.74) is 5.75. The average molecular weight is 286 g/mol. The SMILES string of the molecule is CCNc1nc(N)c(C(=O)NCC2CCCS2)s1. The Balaban J connectivity index is 1.91. The summed E-state index contributed by atoms with van der Waals surface area (Å²) in [7, 11) is 0. The molecule has 5 nitrogen and oxygen atoms in total. The van der Waals surface area contributed by atoms with Crippen LogP contribution in [0.25, 0.3) is 0 Å². The van der Waals surface area contributed by atoms with Gasteiger partial charge in [0.1, 0.15) is 10.7 Å². The third-order valence-electron chi connectivity index (χ3n) is 2.70. The maximum atomic E-state index is 12.0. The van der Waals surface area contributed by atoms with Crippen LogP contribution >= 0.6 is 23.1 Å². The van der Waals surface area contributed by atoms with E-state index in [9.17, 15) is 4.79 Å². The second-order valence-corrected chi connectivity index (χ2v) is 6.52. The van der Waals surface area contributed by atoms with E-state index >= 15 is 0 Å². The quantitative estimate of drug-likeness (QED) is 0.769. The number of amides is 1. The van der Waals surface area contributed by atoms with Gasteiger partial charge in [-0.25, -0.2) is 4.98 Å². The number of thiazole rings is 1. The fraction of sp³-hybridized carbons (Fsp3) is 0.636. The van der Waals surface area contributed by atoms with Crippen LogP contribution in [0.4, 0.5) is 10.9 Å². The Morgan fingerprint density at radius 3 is 3.11 bits per heavy atom. The molecule has 1 unspecified atom stereocenters. The van der Waals surface area contributed by atoms with Crippen LogP contribution in [-0.2, 0) is 0 Å². The molecule has 1 aliphatic heterocycles. The topological polar surface area (TPSA) is 80.0 Å². The second kappa shape index (κ2) is 6.29. The summed E-state index contributed by atoms with van der Waals surface area (Å²) in [5.74, 6) is 1.41. The highest BCUT2D eigenvalue weighted by Gasteiger charge is 2.19. The molecule has 7 heteroatoms. The molecule has 0 aliphatic carbocycles. The summed E-state index contributed by atoms with van der Waals surface area (Å²) in [4.78, 5) is 16.6. The van der Waals surface area contributed by atoms with E-state index in [0.717, 1.165) is 13.1 Å². The molecule has 1 aliphatic rings. The maximum Gasteiger partial charge on any atom is 0.265 e. The molecule has 0 spiro atoms. The number of nitrogen functional groups attached to an aromatic ring is 1. The van der Waals surface area contributed by atoms with Gasteiger partial charge in [-0.1, -0.05) is 11.3 Å². The number of hydrogen-bond acceptors (Lipinski definition) is 6. The fourth-order valence-corrected chi connectivity index (χ4v) is 3.88. The smallest absolute Gasteiger partial charge is 0.265 e. The first-order valence-corrected chi connectivity index (χ1v) is 7.97. The summed E-state index contributed by atoms with van der Waals surface area (Å²) >= 11 is 3.24. The third kappa shape index (κ3) is 3.29. The van der Waals surface area contributed by atoms with Gasteiger partial charge in [0.05, 0.1) is 0 Å². The number of nitrogens with two attached hydrogens (primary N) is 1. The van der Waals surface area contributed by atoms with E-state index in [2.05, 4.69) is 15.6 Å². The van der Waals surface area contributed by atoms with Crippen molar-refractivity contribution in [3.8, 4) is 0 Å². The lowest BCUT2D eigenvalue weighted by atomic mass is 10.2. The van der Waals surface area contributed by atoms with Gasteiger partial charge >= 0.3 is 0 Å². The van der Waals surface area contributed by atoms with Gasteiger partial charge in [-0.05, 0) is 25.5 Å². The van der Waals surface area contributed by atoms with Crippen molar-refractivity contribution in [2.24, 2.45) is 0 Å². The highest BCUT2D eigenvalue weighted by Crippen LogP contribution is 2.27. The van der Waals surface area contributed by atoms with Gasteiger partial charge in [0.25, 0.3) is 5.91 Å². The standard InChI is InChI=1S/C11H18N4OS2/c1-2-13-11-15-9(12)8(18-11)10(16)14-6-7-4-3-5-17-7/h7H,2-6,12H2,1H3,(H,13,15)(H,14,16). The van der Waals surface area contributed by atoms with Gasteiger partial charge in [0, 0.05) is 18.3 Å². The van der Waals surface area contributed by atoms with Crippen molar-refractivity contribution in [1.29, 1.82) is 0 Å². The van der Waals surface area contributed by atoms with E-state index in [4.69, 9.17) is 5.73 Å². The van der Waals surface area contributed by atoms with Crippen molar-refractivity contribution in [2.75, 3.05) is 29.9 Å². The average Bonchev–Trinajstić information content (AvgIpc) is 2.96. The van der Waals surface area contributed by atoms with E-state index in [0.29, 0.717) is 21.1 Å². The van der Waals surface area contributed by atoms with Crippen molar-refractivity contribution in [3.63, 3.8) is 0 Å². The minimum atomic E-state index is -0.110. The van der Waals surface area contributed by atoms with E-state index in [1.54, 1.807) is 0 Å². The van der Waals surface area contributed by atoms with Crippen molar-refractivity contribution < 1.29 is 4.79 Å². The predicted molar refractivity (Wildman–Crippen MR) is 78.5 cm³/mol. The zero-order valence-corrected chi connectivity index (χ0v) is 12.0. The number of thioether (sulfide) groups is 1. The molecule has 0 radical (unpaired) electrons. The monoisotopic (exact) mass is 286 g/mol. The molecule has 1 fully saturated rings. The van der Waals surface area contributed by atoms with Gasteiger partial charge in [-0.15, -0.1) is 0 Å². The highest BCUT2D eigenvalue weighted by atomic mass is 32.2. The minimum absolute atomic E-state index is 0.110. The predicted octanol–water partition coefficient (Wildman–Crippen LogP) is 1.78. The molecule has 1 aromatic heterocycles. The van der Waals surface area contributed by atoms with Gasteiger partial charge < -0.3 is 16.4 Å². The lowest BCUT2D eigenvalue weighted by molar-refractivity contribution is 0.0958. The molecule has 18 heavy (non-hydrogen) atoms. The molecule has 1 amide bonds. The van der Waals surface area contributed by atoms with Crippen LogP contribution in [0.5, 0.6) is 0 Å². The Labute approximate surface area is 115 Å². The fourth-order valence-electron chi connectivity index (χ4n) is 1.81. The van der Waals surface area contributed by atoms with Crippen LogP contribution in [0.1, 0.15) is 29.4 Å². The molecule has 1 atom stereocenters. The number of anilines is 2. The van der Waals surface area contributed by atoms with Gasteiger partial charge in [-0.2, -0.15) is 11.8 Å². The van der Waals surface area contributed by atoms with Crippen LogP contribution in [-0.4, -0.2) is 35.0 Å². The molecule has 0 saturated carbocycles. The molecule has 0 aromatic carbocycles. The van der Waals surface area contributed by atoms with Crippen molar-refractivity contribution in [2.45, 2.75) is 25.0 Å². The first-order valence-electron chi connectivity index (χ1n) is 6.10. The lowest BCUT2D eigenvalue weighted by Crippen LogP contribution is -2.29. The van der Waals surface area contributed by atoms with Gasteiger partial charge in [-0.3, -0.25) is 4.79 Å². The number of nitrogens with one attached hydrogen (secondary N) is 2. The zero-order valence-electron chi connectivity index (χ0n) is 10.4. The maximum absolute atomic E-state index is 12.0.